The van der Waals surface area contributed by atoms with Crippen LogP contribution in [-0.2, 0) is 6.18 Å². The van der Waals surface area contributed by atoms with E-state index < -0.39 is 11.9 Å². The fourth-order valence-corrected chi connectivity index (χ4v) is 1.30. The Labute approximate surface area is 94.1 Å². The van der Waals surface area contributed by atoms with Crippen LogP contribution >= 0.6 is 11.6 Å². The quantitative estimate of drug-likeness (QED) is 0.818. The average Bonchev–Trinajstić information content (AvgIpc) is 2.67. The first-order valence-corrected chi connectivity index (χ1v) is 4.65. The number of H-pyrrole nitrogens is 1. The molecule has 0 saturated heterocycles. The second kappa shape index (κ2) is 3.83. The van der Waals surface area contributed by atoms with Gasteiger partial charge < -0.3 is 0 Å². The van der Waals surface area contributed by atoms with Crippen molar-refractivity contribution in [2.24, 2.45) is 0 Å². The standard InChI is InChI=1S/C10H5ClF3N2/c11-7-3-1-6(2-4-7)8-5-9(16-15-8)10(12,13)14/h1-4H,(H,15,16). The van der Waals surface area contributed by atoms with E-state index in [1.807, 2.05) is 0 Å². The Morgan fingerprint density at radius 1 is 1.19 bits per heavy atom. The van der Waals surface area contributed by atoms with Crippen LogP contribution in [0.4, 0.5) is 13.2 Å². The third-order valence-electron chi connectivity index (χ3n) is 1.92. The molecule has 0 atom stereocenters. The van der Waals surface area contributed by atoms with Gasteiger partial charge in [-0.15, -0.1) is 0 Å². The number of nitrogens with zero attached hydrogens (tertiary/aromatic N) is 1. The summed E-state index contributed by atoms with van der Waals surface area (Å²) in [4.78, 5) is 0. The number of hydrogen-bond acceptors (Lipinski definition) is 1. The molecule has 0 bridgehead atoms. The molecule has 0 unspecified atom stereocenters. The van der Waals surface area contributed by atoms with Gasteiger partial charge in [-0.3, -0.25) is 5.10 Å². The molecular formula is C10H5ClF3N2. The van der Waals surface area contributed by atoms with E-state index in [2.05, 4.69) is 16.3 Å². The molecule has 2 rings (SSSR count). The molecule has 0 fully saturated rings. The van der Waals surface area contributed by atoms with Gasteiger partial charge in [0.05, 0.1) is 5.69 Å². The van der Waals surface area contributed by atoms with Crippen LogP contribution in [0.3, 0.4) is 0 Å². The van der Waals surface area contributed by atoms with Gasteiger partial charge in [0.2, 0.25) is 0 Å². The highest BCUT2D eigenvalue weighted by atomic mass is 35.5. The lowest BCUT2D eigenvalue weighted by atomic mass is 10.1. The summed E-state index contributed by atoms with van der Waals surface area (Å²) in [6, 6.07) is 8.50. The molecule has 6 heteroatoms. The van der Waals surface area contributed by atoms with Crippen LogP contribution in [0.1, 0.15) is 5.69 Å². The molecule has 83 valence electrons. The Morgan fingerprint density at radius 3 is 2.31 bits per heavy atom. The Bertz CT molecular complexity index is 488. The van der Waals surface area contributed by atoms with Crippen LogP contribution in [0.25, 0.3) is 11.3 Å². The molecule has 1 aromatic heterocycles. The number of aromatic nitrogens is 2. The largest absolute Gasteiger partial charge is 0.435 e. The third kappa shape index (κ3) is 2.19. The fourth-order valence-electron chi connectivity index (χ4n) is 1.17. The molecular weight excluding hydrogens is 241 g/mol. The van der Waals surface area contributed by atoms with Crippen molar-refractivity contribution in [3.05, 3.63) is 41.0 Å². The van der Waals surface area contributed by atoms with Crippen molar-refractivity contribution in [1.82, 2.24) is 10.2 Å². The van der Waals surface area contributed by atoms with Gasteiger partial charge in [-0.05, 0) is 12.1 Å². The number of rotatable bonds is 1. The van der Waals surface area contributed by atoms with Crippen LogP contribution in [0.15, 0.2) is 24.3 Å². The maximum atomic E-state index is 12.2. The summed E-state index contributed by atoms with van der Waals surface area (Å²) in [5.41, 5.74) is -0.325. The summed E-state index contributed by atoms with van der Waals surface area (Å²) in [5, 5.41) is 5.94. The summed E-state index contributed by atoms with van der Waals surface area (Å²) in [7, 11) is 0. The lowest BCUT2D eigenvalue weighted by Crippen LogP contribution is -2.05. The Kier molecular flexibility index (Phi) is 2.63. The fraction of sp³-hybridized carbons (Fsp3) is 0.100. The topological polar surface area (TPSA) is 28.7 Å². The second-order valence-corrected chi connectivity index (χ2v) is 3.51. The SMILES string of the molecule is FC(F)(F)c1[c]c(-c2ccc(Cl)cc2)[nH]n1. The first-order valence-electron chi connectivity index (χ1n) is 4.27. The van der Waals surface area contributed by atoms with Crippen molar-refractivity contribution in [3.63, 3.8) is 0 Å². The van der Waals surface area contributed by atoms with Gasteiger partial charge in [0.25, 0.3) is 0 Å². The molecule has 1 heterocycles. The summed E-state index contributed by atoms with van der Waals surface area (Å²) >= 11 is 5.66. The Hall–Kier alpha value is -1.49. The van der Waals surface area contributed by atoms with Crippen LogP contribution in [-0.4, -0.2) is 10.2 Å². The Morgan fingerprint density at radius 2 is 1.81 bits per heavy atom. The molecule has 1 N–H and O–H groups in total. The summed E-state index contributed by atoms with van der Waals surface area (Å²) < 4.78 is 36.7. The van der Waals surface area contributed by atoms with E-state index in [0.717, 1.165) is 0 Å². The van der Waals surface area contributed by atoms with Crippen molar-refractivity contribution >= 4 is 11.6 Å². The molecule has 16 heavy (non-hydrogen) atoms. The molecule has 0 spiro atoms. The summed E-state index contributed by atoms with van der Waals surface area (Å²) in [5.74, 6) is 0. The average molecular weight is 246 g/mol. The third-order valence-corrected chi connectivity index (χ3v) is 2.18. The maximum Gasteiger partial charge on any atom is 0.435 e. The molecule has 2 aromatic rings. The van der Waals surface area contributed by atoms with Crippen LogP contribution in [0.2, 0.25) is 5.02 Å². The minimum absolute atomic E-state index is 0.184. The van der Waals surface area contributed by atoms with Crippen molar-refractivity contribution in [2.75, 3.05) is 0 Å². The van der Waals surface area contributed by atoms with Gasteiger partial charge in [-0.1, -0.05) is 23.7 Å². The van der Waals surface area contributed by atoms with E-state index in [4.69, 9.17) is 11.6 Å². The molecule has 0 aliphatic heterocycles. The first-order chi connectivity index (χ1) is 7.47. The zero-order valence-corrected chi connectivity index (χ0v) is 8.52. The highest BCUT2D eigenvalue weighted by molar-refractivity contribution is 6.30. The molecule has 0 aliphatic rings. The lowest BCUT2D eigenvalue weighted by molar-refractivity contribution is -0.141. The lowest BCUT2D eigenvalue weighted by Gasteiger charge is -1.98. The molecule has 1 radical (unpaired) electrons. The minimum Gasteiger partial charge on any atom is -0.277 e. The molecule has 0 aliphatic carbocycles. The number of benzene rings is 1. The zero-order chi connectivity index (χ0) is 11.8. The van der Waals surface area contributed by atoms with Crippen LogP contribution < -0.4 is 0 Å². The number of hydrogen-bond donors (Lipinski definition) is 1. The molecule has 1 aromatic carbocycles. The van der Waals surface area contributed by atoms with Gasteiger partial charge in [-0.25, -0.2) is 0 Å². The predicted molar refractivity (Wildman–Crippen MR) is 52.9 cm³/mol. The van der Waals surface area contributed by atoms with Gasteiger partial charge in [0.15, 0.2) is 5.69 Å². The summed E-state index contributed by atoms with van der Waals surface area (Å²) in [6.07, 6.45) is -4.48. The number of alkyl halides is 3. The molecule has 0 saturated carbocycles. The summed E-state index contributed by atoms with van der Waals surface area (Å²) in [6.45, 7) is 0. The van der Waals surface area contributed by atoms with E-state index in [9.17, 15) is 13.2 Å². The zero-order valence-electron chi connectivity index (χ0n) is 7.77. The van der Waals surface area contributed by atoms with Gasteiger partial charge in [-0.2, -0.15) is 18.3 Å². The van der Waals surface area contributed by atoms with E-state index in [1.165, 1.54) is 0 Å². The van der Waals surface area contributed by atoms with Crippen LogP contribution in [0, 0.1) is 6.07 Å². The smallest absolute Gasteiger partial charge is 0.277 e. The maximum absolute atomic E-state index is 12.2. The first kappa shape index (κ1) is 11.0. The minimum atomic E-state index is -4.48. The van der Waals surface area contributed by atoms with Crippen molar-refractivity contribution < 1.29 is 13.2 Å². The highest BCUT2D eigenvalue weighted by Gasteiger charge is 2.34. The molecule has 0 amide bonds. The Balaban J connectivity index is 2.35. The van der Waals surface area contributed by atoms with Crippen LogP contribution in [0.5, 0.6) is 0 Å². The number of nitrogens with one attached hydrogen (secondary N) is 1. The number of halogens is 4. The van der Waals surface area contributed by atoms with Gasteiger partial charge in [0.1, 0.15) is 0 Å². The van der Waals surface area contributed by atoms with E-state index in [0.29, 0.717) is 10.6 Å². The van der Waals surface area contributed by atoms with E-state index in [1.54, 1.807) is 24.3 Å². The highest BCUT2D eigenvalue weighted by Crippen LogP contribution is 2.29. The second-order valence-electron chi connectivity index (χ2n) is 3.08. The monoisotopic (exact) mass is 245 g/mol. The van der Waals surface area contributed by atoms with Gasteiger partial charge >= 0.3 is 6.18 Å². The van der Waals surface area contributed by atoms with Gasteiger partial charge in [0, 0.05) is 16.7 Å². The normalized spacial score (nSPS) is 11.8. The van der Waals surface area contributed by atoms with Crippen molar-refractivity contribution in [3.8, 4) is 11.3 Å². The van der Waals surface area contributed by atoms with Crippen molar-refractivity contribution in [2.45, 2.75) is 6.18 Å². The predicted octanol–water partition coefficient (Wildman–Crippen LogP) is 3.55. The van der Waals surface area contributed by atoms with Crippen molar-refractivity contribution in [1.29, 1.82) is 0 Å². The molecule has 2 nitrogen and oxygen atoms in total. The van der Waals surface area contributed by atoms with E-state index >= 15 is 0 Å². The number of aromatic amines is 1. The van der Waals surface area contributed by atoms with E-state index in [-0.39, 0.29) is 5.69 Å².